The summed E-state index contributed by atoms with van der Waals surface area (Å²) >= 11 is 0. The third-order valence-corrected chi connectivity index (χ3v) is 2.56. The number of hydrogen-bond acceptors (Lipinski definition) is 3. The molecule has 0 fully saturated rings. The molecule has 17 heavy (non-hydrogen) atoms. The number of benzene rings is 1. The number of aromatic nitrogens is 3. The van der Waals surface area contributed by atoms with Crippen LogP contribution < -0.4 is 0 Å². The summed E-state index contributed by atoms with van der Waals surface area (Å²) in [5, 5.41) is 8.99. The van der Waals surface area contributed by atoms with Crippen LogP contribution in [0.2, 0.25) is 0 Å². The van der Waals surface area contributed by atoms with Gasteiger partial charge in [-0.1, -0.05) is 30.3 Å². The van der Waals surface area contributed by atoms with Gasteiger partial charge >= 0.3 is 0 Å². The van der Waals surface area contributed by atoms with Crippen molar-refractivity contribution in [1.82, 2.24) is 15.0 Å². The number of aromatic amines is 1. The van der Waals surface area contributed by atoms with E-state index in [-0.39, 0.29) is 0 Å². The molecule has 0 unspecified atom stereocenters. The maximum atomic E-state index is 8.99. The van der Waals surface area contributed by atoms with E-state index in [1.54, 1.807) is 12.3 Å². The lowest BCUT2D eigenvalue weighted by molar-refractivity contribution is 1.30. The van der Waals surface area contributed by atoms with E-state index in [1.165, 1.54) is 0 Å². The first-order chi connectivity index (χ1) is 8.38. The Kier molecular flexibility index (Phi) is 2.09. The van der Waals surface area contributed by atoms with Gasteiger partial charge < -0.3 is 4.98 Å². The van der Waals surface area contributed by atoms with Gasteiger partial charge in [0.1, 0.15) is 17.4 Å². The highest BCUT2D eigenvalue weighted by atomic mass is 15.0. The monoisotopic (exact) mass is 220 g/mol. The van der Waals surface area contributed by atoms with Crippen molar-refractivity contribution in [2.45, 2.75) is 0 Å². The predicted molar refractivity (Wildman–Crippen MR) is 64.0 cm³/mol. The van der Waals surface area contributed by atoms with E-state index in [1.807, 2.05) is 30.3 Å². The Labute approximate surface area is 97.6 Å². The van der Waals surface area contributed by atoms with Crippen LogP contribution >= 0.6 is 0 Å². The van der Waals surface area contributed by atoms with Gasteiger partial charge in [-0.15, -0.1) is 0 Å². The normalized spacial score (nSPS) is 10.3. The molecular weight excluding hydrogens is 212 g/mol. The van der Waals surface area contributed by atoms with E-state index in [4.69, 9.17) is 5.26 Å². The molecular formula is C13H8N4. The molecule has 2 heterocycles. The van der Waals surface area contributed by atoms with E-state index in [9.17, 15) is 0 Å². The molecule has 1 aromatic carbocycles. The first-order valence-corrected chi connectivity index (χ1v) is 5.19. The Morgan fingerprint density at radius 1 is 1.12 bits per heavy atom. The summed E-state index contributed by atoms with van der Waals surface area (Å²) in [4.78, 5) is 11.7. The minimum absolute atomic E-state index is 0.560. The number of nitrogens with zero attached hydrogens (tertiary/aromatic N) is 3. The maximum absolute atomic E-state index is 8.99. The van der Waals surface area contributed by atoms with Crippen molar-refractivity contribution in [2.24, 2.45) is 0 Å². The van der Waals surface area contributed by atoms with Gasteiger partial charge in [-0.3, -0.25) is 0 Å². The van der Waals surface area contributed by atoms with Crippen LogP contribution in [0.4, 0.5) is 0 Å². The largest absolute Gasteiger partial charge is 0.335 e. The molecule has 0 saturated carbocycles. The molecule has 3 aromatic rings. The molecule has 0 aliphatic rings. The van der Waals surface area contributed by atoms with Crippen molar-refractivity contribution < 1.29 is 0 Å². The van der Waals surface area contributed by atoms with Crippen LogP contribution in [-0.2, 0) is 0 Å². The zero-order chi connectivity index (χ0) is 11.7. The molecule has 2 aromatic heterocycles. The quantitative estimate of drug-likeness (QED) is 0.685. The molecule has 4 heteroatoms. The van der Waals surface area contributed by atoms with Gasteiger partial charge in [0.25, 0.3) is 0 Å². The number of nitriles is 1. The van der Waals surface area contributed by atoms with Gasteiger partial charge in [0.05, 0.1) is 5.56 Å². The smallest absolute Gasteiger partial charge is 0.179 e. The SMILES string of the molecule is N#Cc1ccnc2nc(-c3ccccc3)[nH]c12. The van der Waals surface area contributed by atoms with Gasteiger partial charge in [0.15, 0.2) is 5.65 Å². The van der Waals surface area contributed by atoms with Gasteiger partial charge in [-0.05, 0) is 6.07 Å². The number of hydrogen-bond donors (Lipinski definition) is 1. The van der Waals surface area contributed by atoms with E-state index in [0.717, 1.165) is 11.4 Å². The average Bonchev–Trinajstić information content (AvgIpc) is 2.83. The first-order valence-electron chi connectivity index (χ1n) is 5.19. The van der Waals surface area contributed by atoms with Crippen LogP contribution in [-0.4, -0.2) is 15.0 Å². The Morgan fingerprint density at radius 2 is 1.94 bits per heavy atom. The number of fused-ring (bicyclic) bond motifs is 1. The van der Waals surface area contributed by atoms with Crippen molar-refractivity contribution in [3.8, 4) is 17.5 Å². The second-order valence-corrected chi connectivity index (χ2v) is 3.62. The minimum atomic E-state index is 0.560. The predicted octanol–water partition coefficient (Wildman–Crippen LogP) is 2.50. The fraction of sp³-hybridized carbons (Fsp3) is 0. The van der Waals surface area contributed by atoms with E-state index in [0.29, 0.717) is 16.7 Å². The lowest BCUT2D eigenvalue weighted by Gasteiger charge is -1.93. The molecule has 0 bridgehead atoms. The zero-order valence-electron chi connectivity index (χ0n) is 8.88. The van der Waals surface area contributed by atoms with Crippen LogP contribution in [0.25, 0.3) is 22.6 Å². The molecule has 0 radical (unpaired) electrons. The van der Waals surface area contributed by atoms with Crippen LogP contribution in [0.15, 0.2) is 42.6 Å². The van der Waals surface area contributed by atoms with Crippen molar-refractivity contribution in [1.29, 1.82) is 5.26 Å². The molecule has 80 valence electrons. The molecule has 0 saturated heterocycles. The number of imidazole rings is 1. The van der Waals surface area contributed by atoms with Gasteiger partial charge in [0, 0.05) is 11.8 Å². The summed E-state index contributed by atoms with van der Waals surface area (Å²) in [6.07, 6.45) is 1.59. The fourth-order valence-electron chi connectivity index (χ4n) is 1.74. The zero-order valence-corrected chi connectivity index (χ0v) is 8.88. The Morgan fingerprint density at radius 3 is 2.71 bits per heavy atom. The lowest BCUT2D eigenvalue weighted by atomic mass is 10.2. The summed E-state index contributed by atoms with van der Waals surface area (Å²) in [6, 6.07) is 13.6. The van der Waals surface area contributed by atoms with Crippen LogP contribution in [0.1, 0.15) is 5.56 Å². The highest BCUT2D eigenvalue weighted by molar-refractivity contribution is 5.81. The molecule has 0 spiro atoms. The highest BCUT2D eigenvalue weighted by Gasteiger charge is 2.08. The summed E-state index contributed by atoms with van der Waals surface area (Å²) in [5.74, 6) is 0.732. The highest BCUT2D eigenvalue weighted by Crippen LogP contribution is 2.20. The second-order valence-electron chi connectivity index (χ2n) is 3.62. The second kappa shape index (κ2) is 3.72. The number of rotatable bonds is 1. The minimum Gasteiger partial charge on any atom is -0.335 e. The number of pyridine rings is 1. The Bertz CT molecular complexity index is 707. The molecule has 0 aliphatic heterocycles. The van der Waals surface area contributed by atoms with Gasteiger partial charge in [0.2, 0.25) is 0 Å². The van der Waals surface area contributed by atoms with Crippen molar-refractivity contribution >= 4 is 11.2 Å². The summed E-state index contributed by atoms with van der Waals surface area (Å²) in [7, 11) is 0. The molecule has 1 N–H and O–H groups in total. The summed E-state index contributed by atoms with van der Waals surface area (Å²) < 4.78 is 0. The third kappa shape index (κ3) is 1.54. The van der Waals surface area contributed by atoms with Crippen LogP contribution in [0.3, 0.4) is 0 Å². The van der Waals surface area contributed by atoms with Gasteiger partial charge in [-0.2, -0.15) is 5.26 Å². The fourth-order valence-corrected chi connectivity index (χ4v) is 1.74. The Hall–Kier alpha value is -2.67. The van der Waals surface area contributed by atoms with Crippen LogP contribution in [0, 0.1) is 11.3 Å². The standard InChI is InChI=1S/C13H8N4/c14-8-10-6-7-15-13-11(10)16-12(17-13)9-4-2-1-3-5-9/h1-7H,(H,15,16,17). The summed E-state index contributed by atoms with van der Waals surface area (Å²) in [6.45, 7) is 0. The third-order valence-electron chi connectivity index (χ3n) is 2.56. The van der Waals surface area contributed by atoms with E-state index >= 15 is 0 Å². The first kappa shape index (κ1) is 9.55. The number of nitrogens with one attached hydrogen (secondary N) is 1. The molecule has 0 amide bonds. The lowest BCUT2D eigenvalue weighted by Crippen LogP contribution is -1.80. The van der Waals surface area contributed by atoms with E-state index in [2.05, 4.69) is 21.0 Å². The van der Waals surface area contributed by atoms with Crippen molar-refractivity contribution in [3.63, 3.8) is 0 Å². The Balaban J connectivity index is 2.25. The average molecular weight is 220 g/mol. The summed E-state index contributed by atoms with van der Waals surface area (Å²) in [5.41, 5.74) is 2.80. The van der Waals surface area contributed by atoms with Crippen molar-refractivity contribution in [2.75, 3.05) is 0 Å². The number of H-pyrrole nitrogens is 1. The van der Waals surface area contributed by atoms with Gasteiger partial charge in [-0.25, -0.2) is 9.97 Å². The van der Waals surface area contributed by atoms with Crippen molar-refractivity contribution in [3.05, 3.63) is 48.2 Å². The van der Waals surface area contributed by atoms with E-state index < -0.39 is 0 Å². The molecule has 0 atom stereocenters. The topological polar surface area (TPSA) is 65.4 Å². The maximum Gasteiger partial charge on any atom is 0.179 e. The van der Waals surface area contributed by atoms with Crippen LogP contribution in [0.5, 0.6) is 0 Å². The molecule has 3 rings (SSSR count). The molecule has 4 nitrogen and oxygen atoms in total. The molecule has 0 aliphatic carbocycles.